The number of halogens is 2. The summed E-state index contributed by atoms with van der Waals surface area (Å²) in [7, 11) is 0. The number of aromatic nitrogens is 1. The van der Waals surface area contributed by atoms with Crippen molar-refractivity contribution in [1.29, 1.82) is 0 Å². The molecule has 4 nitrogen and oxygen atoms in total. The highest BCUT2D eigenvalue weighted by Crippen LogP contribution is 2.43. The Hall–Kier alpha value is -2.14. The van der Waals surface area contributed by atoms with E-state index in [-0.39, 0.29) is 17.8 Å². The summed E-state index contributed by atoms with van der Waals surface area (Å²) in [5, 5.41) is 3.79. The maximum Gasteiger partial charge on any atom is 0.255 e. The van der Waals surface area contributed by atoms with Gasteiger partial charge in [0.2, 0.25) is 0 Å². The zero-order chi connectivity index (χ0) is 18.1. The number of carbonyl (C=O) groups is 1. The minimum atomic E-state index is -0.224. The minimum Gasteiger partial charge on any atom is -0.365 e. The van der Waals surface area contributed by atoms with Gasteiger partial charge in [0, 0.05) is 31.2 Å². The van der Waals surface area contributed by atoms with Crippen LogP contribution in [0, 0.1) is 5.82 Å². The van der Waals surface area contributed by atoms with Gasteiger partial charge in [-0.1, -0.05) is 23.7 Å². The summed E-state index contributed by atoms with van der Waals surface area (Å²) in [4.78, 5) is 18.8. The predicted octanol–water partition coefficient (Wildman–Crippen LogP) is 4.47. The lowest BCUT2D eigenvalue weighted by Gasteiger charge is -2.26. The highest BCUT2D eigenvalue weighted by Gasteiger charge is 2.39. The van der Waals surface area contributed by atoms with Gasteiger partial charge in [-0.15, -0.1) is 0 Å². The molecular formula is C20H21ClFN3O. The summed E-state index contributed by atoms with van der Waals surface area (Å²) in [6.07, 6.45) is 5.85. The van der Waals surface area contributed by atoms with E-state index in [1.165, 1.54) is 18.6 Å². The molecule has 1 aliphatic heterocycles. The van der Waals surface area contributed by atoms with Crippen molar-refractivity contribution in [3.8, 4) is 0 Å². The van der Waals surface area contributed by atoms with E-state index < -0.39 is 0 Å². The Kier molecular flexibility index (Phi) is 4.81. The number of anilines is 1. The number of benzene rings is 1. The third-order valence-corrected chi connectivity index (χ3v) is 5.43. The molecule has 2 atom stereocenters. The molecule has 0 bridgehead atoms. The normalized spacial score (nSPS) is 22.2. The topological polar surface area (TPSA) is 45.2 Å². The Morgan fingerprint density at radius 1 is 1.19 bits per heavy atom. The molecule has 2 aromatic rings. The monoisotopic (exact) mass is 373 g/mol. The maximum atomic E-state index is 13.0. The number of nitrogens with one attached hydrogen (secondary N) is 1. The number of carbonyl (C=O) groups excluding carboxylic acids is 1. The Labute approximate surface area is 157 Å². The molecule has 6 heteroatoms. The fraction of sp³-hybridized carbons (Fsp3) is 0.400. The number of nitrogens with zero attached hydrogens (tertiary/aromatic N) is 2. The lowest BCUT2D eigenvalue weighted by Crippen LogP contribution is -2.35. The second kappa shape index (κ2) is 7.23. The van der Waals surface area contributed by atoms with Crippen LogP contribution in [-0.2, 0) is 0 Å². The molecule has 2 fully saturated rings. The third-order valence-electron chi connectivity index (χ3n) is 5.14. The number of amides is 1. The van der Waals surface area contributed by atoms with Crippen LogP contribution >= 0.6 is 11.6 Å². The summed E-state index contributed by atoms with van der Waals surface area (Å²) in [5.74, 6) is 0.707. The average Bonchev–Trinajstić information content (AvgIpc) is 3.43. The molecule has 1 saturated heterocycles. The van der Waals surface area contributed by atoms with Crippen molar-refractivity contribution in [2.24, 2.45) is 0 Å². The number of likely N-dealkylation sites (tertiary alicyclic amines) is 1. The second-order valence-corrected chi connectivity index (χ2v) is 7.46. The van der Waals surface area contributed by atoms with Crippen LogP contribution in [0.3, 0.4) is 0 Å². The predicted molar refractivity (Wildman–Crippen MR) is 100 cm³/mol. The molecule has 2 heterocycles. The zero-order valence-corrected chi connectivity index (χ0v) is 15.2. The van der Waals surface area contributed by atoms with Crippen molar-refractivity contribution < 1.29 is 9.18 Å². The first kappa shape index (κ1) is 17.3. The smallest absolute Gasteiger partial charge is 0.255 e. The zero-order valence-electron chi connectivity index (χ0n) is 14.4. The quantitative estimate of drug-likeness (QED) is 0.860. The van der Waals surface area contributed by atoms with E-state index >= 15 is 0 Å². The number of pyridine rings is 1. The summed E-state index contributed by atoms with van der Waals surface area (Å²) >= 11 is 6.35. The van der Waals surface area contributed by atoms with Gasteiger partial charge in [0.25, 0.3) is 5.91 Å². The van der Waals surface area contributed by atoms with Crippen LogP contribution in [0.4, 0.5) is 10.2 Å². The SMILES string of the molecule is O=C(c1cnc(N[C@@H]2C[C@H]2c2ccc(F)cc2)c(Cl)c1)N1CCCCC1. The molecular weight excluding hydrogens is 353 g/mol. The van der Waals surface area contributed by atoms with Crippen LogP contribution in [-0.4, -0.2) is 34.9 Å². The van der Waals surface area contributed by atoms with Crippen LogP contribution in [0.5, 0.6) is 0 Å². The van der Waals surface area contributed by atoms with E-state index in [1.54, 1.807) is 12.3 Å². The first-order valence-electron chi connectivity index (χ1n) is 9.08. The number of piperidine rings is 1. The molecule has 136 valence electrons. The fourth-order valence-corrected chi connectivity index (χ4v) is 3.77. The van der Waals surface area contributed by atoms with Gasteiger partial charge < -0.3 is 10.2 Å². The van der Waals surface area contributed by atoms with Gasteiger partial charge in [-0.05, 0) is 49.4 Å². The van der Waals surface area contributed by atoms with Gasteiger partial charge in [-0.3, -0.25) is 4.79 Å². The first-order valence-corrected chi connectivity index (χ1v) is 9.46. The molecule has 26 heavy (non-hydrogen) atoms. The summed E-state index contributed by atoms with van der Waals surface area (Å²) in [5.41, 5.74) is 1.64. The molecule has 0 unspecified atom stereocenters. The molecule has 4 rings (SSSR count). The Bertz CT molecular complexity index is 805. The molecule has 1 aromatic heterocycles. The van der Waals surface area contributed by atoms with E-state index in [9.17, 15) is 9.18 Å². The molecule has 1 aliphatic carbocycles. The van der Waals surface area contributed by atoms with E-state index in [0.29, 0.717) is 22.3 Å². The van der Waals surface area contributed by atoms with Crippen molar-refractivity contribution in [2.75, 3.05) is 18.4 Å². The van der Waals surface area contributed by atoms with Gasteiger partial charge in [0.1, 0.15) is 11.6 Å². The highest BCUT2D eigenvalue weighted by atomic mass is 35.5. The van der Waals surface area contributed by atoms with Crippen LogP contribution in [0.2, 0.25) is 5.02 Å². The first-order chi connectivity index (χ1) is 12.6. The largest absolute Gasteiger partial charge is 0.365 e. The molecule has 1 N–H and O–H groups in total. The fourth-order valence-electron chi connectivity index (χ4n) is 3.55. The lowest BCUT2D eigenvalue weighted by atomic mass is 10.1. The second-order valence-electron chi connectivity index (χ2n) is 7.05. The molecule has 2 aliphatic rings. The number of hydrogen-bond donors (Lipinski definition) is 1. The van der Waals surface area contributed by atoms with Gasteiger partial charge in [0.05, 0.1) is 10.6 Å². The van der Waals surface area contributed by atoms with Gasteiger partial charge >= 0.3 is 0 Å². The molecule has 0 spiro atoms. The Morgan fingerprint density at radius 3 is 2.62 bits per heavy atom. The molecule has 1 saturated carbocycles. The van der Waals surface area contributed by atoms with E-state index in [4.69, 9.17) is 11.6 Å². The standard InChI is InChI=1S/C20H21ClFN3O/c21-17-10-14(20(26)25-8-2-1-3-9-25)12-23-19(17)24-18-11-16(18)13-4-6-15(22)7-5-13/h4-7,10,12,16,18H,1-3,8-9,11H2,(H,23,24)/t16-,18+/m0/s1. The van der Waals surface area contributed by atoms with Gasteiger partial charge in [-0.25, -0.2) is 9.37 Å². The number of hydrogen-bond acceptors (Lipinski definition) is 3. The highest BCUT2D eigenvalue weighted by molar-refractivity contribution is 6.33. The summed E-state index contributed by atoms with van der Waals surface area (Å²) < 4.78 is 13.0. The van der Waals surface area contributed by atoms with Crippen LogP contribution in [0.15, 0.2) is 36.5 Å². The summed E-state index contributed by atoms with van der Waals surface area (Å²) in [6.45, 7) is 1.61. The summed E-state index contributed by atoms with van der Waals surface area (Å²) in [6, 6.07) is 8.53. The van der Waals surface area contributed by atoms with Crippen molar-refractivity contribution in [2.45, 2.75) is 37.6 Å². The van der Waals surface area contributed by atoms with Crippen molar-refractivity contribution in [3.05, 3.63) is 58.5 Å². The molecule has 1 amide bonds. The molecule has 0 radical (unpaired) electrons. The minimum absolute atomic E-state index is 0.00117. The van der Waals surface area contributed by atoms with Crippen LogP contribution in [0.1, 0.15) is 47.5 Å². The van der Waals surface area contributed by atoms with Gasteiger partial charge in [0.15, 0.2) is 0 Å². The Balaban J connectivity index is 1.40. The van der Waals surface area contributed by atoms with Gasteiger partial charge in [-0.2, -0.15) is 0 Å². The average molecular weight is 374 g/mol. The van der Waals surface area contributed by atoms with Crippen molar-refractivity contribution in [3.63, 3.8) is 0 Å². The molecule has 1 aromatic carbocycles. The maximum absolute atomic E-state index is 13.0. The van der Waals surface area contributed by atoms with Crippen molar-refractivity contribution in [1.82, 2.24) is 9.88 Å². The van der Waals surface area contributed by atoms with Crippen LogP contribution < -0.4 is 5.32 Å². The van der Waals surface area contributed by atoms with E-state index in [1.807, 2.05) is 17.0 Å². The third kappa shape index (κ3) is 3.68. The Morgan fingerprint density at radius 2 is 1.92 bits per heavy atom. The van der Waals surface area contributed by atoms with E-state index in [0.717, 1.165) is 37.9 Å². The lowest BCUT2D eigenvalue weighted by molar-refractivity contribution is 0.0724. The van der Waals surface area contributed by atoms with E-state index in [2.05, 4.69) is 10.3 Å². The van der Waals surface area contributed by atoms with Crippen molar-refractivity contribution >= 4 is 23.3 Å². The van der Waals surface area contributed by atoms with Crippen LogP contribution in [0.25, 0.3) is 0 Å². The number of rotatable bonds is 4.